The van der Waals surface area contributed by atoms with E-state index in [0.29, 0.717) is 11.3 Å². The molecular formula is C15H15N3O. The number of rotatable bonds is 3. The Morgan fingerprint density at radius 2 is 1.89 bits per heavy atom. The highest BCUT2D eigenvalue weighted by Gasteiger charge is 2.04. The predicted molar refractivity (Wildman–Crippen MR) is 75.1 cm³/mol. The molecule has 4 nitrogen and oxygen atoms in total. The van der Waals surface area contributed by atoms with Gasteiger partial charge in [-0.2, -0.15) is 5.10 Å². The summed E-state index contributed by atoms with van der Waals surface area (Å²) in [7, 11) is 0. The molecule has 1 N–H and O–H groups in total. The Bertz CT molecular complexity index is 589. The standard InChI is InChI=1S/C15H15N3O/c1-11-6-8-13(9-7-11)15(19)18-17-12(2)14-5-3-4-10-16-14/h3-10H,1-2H3,(H,18,19)/b17-12-. The van der Waals surface area contributed by atoms with Crippen LogP contribution in [0, 0.1) is 6.92 Å². The summed E-state index contributed by atoms with van der Waals surface area (Å²) >= 11 is 0. The first-order chi connectivity index (χ1) is 9.16. The Labute approximate surface area is 112 Å². The summed E-state index contributed by atoms with van der Waals surface area (Å²) in [5, 5.41) is 4.05. The van der Waals surface area contributed by atoms with Crippen molar-refractivity contribution in [2.45, 2.75) is 13.8 Å². The number of aromatic nitrogens is 1. The zero-order chi connectivity index (χ0) is 13.7. The minimum absolute atomic E-state index is 0.227. The number of amides is 1. The molecule has 0 saturated heterocycles. The third-order valence-electron chi connectivity index (χ3n) is 2.67. The summed E-state index contributed by atoms with van der Waals surface area (Å²) in [4.78, 5) is 16.0. The maximum absolute atomic E-state index is 11.9. The molecule has 1 heterocycles. The zero-order valence-corrected chi connectivity index (χ0v) is 10.9. The van der Waals surface area contributed by atoms with Crippen molar-refractivity contribution in [1.29, 1.82) is 0 Å². The lowest BCUT2D eigenvalue weighted by Gasteiger charge is -2.02. The Morgan fingerprint density at radius 3 is 2.53 bits per heavy atom. The number of hydrogen-bond donors (Lipinski definition) is 1. The van der Waals surface area contributed by atoms with Crippen molar-refractivity contribution in [3.8, 4) is 0 Å². The first-order valence-corrected chi connectivity index (χ1v) is 5.99. The summed E-state index contributed by atoms with van der Waals surface area (Å²) in [6.07, 6.45) is 1.69. The zero-order valence-electron chi connectivity index (χ0n) is 10.9. The lowest BCUT2D eigenvalue weighted by atomic mass is 10.1. The molecule has 0 aliphatic carbocycles. The molecule has 1 amide bonds. The van der Waals surface area contributed by atoms with Crippen LogP contribution in [0.4, 0.5) is 0 Å². The number of carbonyl (C=O) groups is 1. The molecular weight excluding hydrogens is 238 g/mol. The molecule has 0 aliphatic heterocycles. The van der Waals surface area contributed by atoms with E-state index in [9.17, 15) is 4.79 Å². The van der Waals surface area contributed by atoms with Gasteiger partial charge >= 0.3 is 0 Å². The quantitative estimate of drug-likeness (QED) is 0.675. The minimum Gasteiger partial charge on any atom is -0.267 e. The van der Waals surface area contributed by atoms with E-state index in [4.69, 9.17) is 0 Å². The van der Waals surface area contributed by atoms with Crippen molar-refractivity contribution < 1.29 is 4.79 Å². The molecule has 1 aromatic carbocycles. The molecule has 96 valence electrons. The number of nitrogens with zero attached hydrogens (tertiary/aromatic N) is 2. The second-order valence-corrected chi connectivity index (χ2v) is 4.22. The second-order valence-electron chi connectivity index (χ2n) is 4.22. The number of benzene rings is 1. The Kier molecular flexibility index (Phi) is 4.03. The summed E-state index contributed by atoms with van der Waals surface area (Å²) < 4.78 is 0. The maximum atomic E-state index is 11.9. The van der Waals surface area contributed by atoms with Crippen LogP contribution in [0.25, 0.3) is 0 Å². The molecule has 1 aromatic heterocycles. The number of nitrogens with one attached hydrogen (secondary N) is 1. The fourth-order valence-electron chi connectivity index (χ4n) is 1.54. The van der Waals surface area contributed by atoms with Crippen LogP contribution in [-0.4, -0.2) is 16.6 Å². The molecule has 0 spiro atoms. The van der Waals surface area contributed by atoms with E-state index >= 15 is 0 Å². The highest BCUT2D eigenvalue weighted by Crippen LogP contribution is 2.03. The van der Waals surface area contributed by atoms with Gasteiger partial charge in [-0.15, -0.1) is 0 Å². The number of pyridine rings is 1. The number of aryl methyl sites for hydroxylation is 1. The van der Waals surface area contributed by atoms with Gasteiger partial charge in [0, 0.05) is 11.8 Å². The molecule has 4 heteroatoms. The van der Waals surface area contributed by atoms with Gasteiger partial charge in [0.15, 0.2) is 0 Å². The average Bonchev–Trinajstić information content (AvgIpc) is 2.46. The van der Waals surface area contributed by atoms with E-state index in [-0.39, 0.29) is 5.91 Å². The average molecular weight is 253 g/mol. The van der Waals surface area contributed by atoms with Crippen molar-refractivity contribution in [3.63, 3.8) is 0 Å². The first kappa shape index (κ1) is 13.0. The van der Waals surface area contributed by atoms with Crippen LogP contribution in [0.1, 0.15) is 28.5 Å². The van der Waals surface area contributed by atoms with Gasteiger partial charge in [-0.1, -0.05) is 23.8 Å². The van der Waals surface area contributed by atoms with Crippen LogP contribution >= 0.6 is 0 Å². The maximum Gasteiger partial charge on any atom is 0.271 e. The van der Waals surface area contributed by atoms with Gasteiger partial charge in [0.25, 0.3) is 5.91 Å². The molecule has 0 saturated carbocycles. The first-order valence-electron chi connectivity index (χ1n) is 5.99. The topological polar surface area (TPSA) is 54.4 Å². The van der Waals surface area contributed by atoms with Crippen molar-refractivity contribution in [2.75, 3.05) is 0 Å². The van der Waals surface area contributed by atoms with Crippen LogP contribution in [-0.2, 0) is 0 Å². The van der Waals surface area contributed by atoms with Gasteiger partial charge in [0.05, 0.1) is 11.4 Å². The van der Waals surface area contributed by atoms with E-state index < -0.39 is 0 Å². The number of hydrazone groups is 1. The highest BCUT2D eigenvalue weighted by molar-refractivity contribution is 5.99. The normalized spacial score (nSPS) is 11.2. The SMILES string of the molecule is C/C(=N/NC(=O)c1ccc(C)cc1)c1ccccn1. The lowest BCUT2D eigenvalue weighted by molar-refractivity contribution is 0.0955. The van der Waals surface area contributed by atoms with Gasteiger partial charge in [0.1, 0.15) is 0 Å². The summed E-state index contributed by atoms with van der Waals surface area (Å²) in [5.41, 5.74) is 5.64. The molecule has 0 fully saturated rings. The van der Waals surface area contributed by atoms with Gasteiger partial charge in [0.2, 0.25) is 0 Å². The van der Waals surface area contributed by atoms with Crippen LogP contribution in [0.3, 0.4) is 0 Å². The lowest BCUT2D eigenvalue weighted by Crippen LogP contribution is -2.19. The van der Waals surface area contributed by atoms with Crippen molar-refractivity contribution >= 4 is 11.6 Å². The van der Waals surface area contributed by atoms with E-state index in [0.717, 1.165) is 11.3 Å². The van der Waals surface area contributed by atoms with Crippen LogP contribution in [0.5, 0.6) is 0 Å². The third kappa shape index (κ3) is 3.48. The van der Waals surface area contributed by atoms with E-state index in [1.807, 2.05) is 37.3 Å². The molecule has 19 heavy (non-hydrogen) atoms. The summed E-state index contributed by atoms with van der Waals surface area (Å²) in [5.74, 6) is -0.227. The monoisotopic (exact) mass is 253 g/mol. The van der Waals surface area contributed by atoms with Gasteiger partial charge in [-0.25, -0.2) is 5.43 Å². The Balaban J connectivity index is 2.06. The number of hydrogen-bond acceptors (Lipinski definition) is 3. The smallest absolute Gasteiger partial charge is 0.267 e. The second kappa shape index (κ2) is 5.91. The van der Waals surface area contributed by atoms with E-state index in [1.54, 1.807) is 25.3 Å². The molecule has 0 aliphatic rings. The Morgan fingerprint density at radius 1 is 1.16 bits per heavy atom. The fourth-order valence-corrected chi connectivity index (χ4v) is 1.54. The van der Waals surface area contributed by atoms with Crippen LogP contribution in [0.2, 0.25) is 0 Å². The molecule has 0 unspecified atom stereocenters. The molecule has 2 rings (SSSR count). The molecule has 0 bridgehead atoms. The highest BCUT2D eigenvalue weighted by atomic mass is 16.2. The third-order valence-corrected chi connectivity index (χ3v) is 2.67. The minimum atomic E-state index is -0.227. The fraction of sp³-hybridized carbons (Fsp3) is 0.133. The van der Waals surface area contributed by atoms with E-state index in [2.05, 4.69) is 15.5 Å². The molecule has 0 atom stereocenters. The summed E-state index contributed by atoms with van der Waals surface area (Å²) in [6.45, 7) is 3.78. The van der Waals surface area contributed by atoms with Gasteiger partial charge < -0.3 is 0 Å². The van der Waals surface area contributed by atoms with Crippen LogP contribution in [0.15, 0.2) is 53.8 Å². The van der Waals surface area contributed by atoms with Crippen molar-refractivity contribution in [2.24, 2.45) is 5.10 Å². The predicted octanol–water partition coefficient (Wildman–Crippen LogP) is 2.54. The van der Waals surface area contributed by atoms with Gasteiger partial charge in [-0.3, -0.25) is 9.78 Å². The molecule has 2 aromatic rings. The van der Waals surface area contributed by atoms with Gasteiger partial charge in [-0.05, 0) is 38.1 Å². The molecule has 0 radical (unpaired) electrons. The van der Waals surface area contributed by atoms with Crippen molar-refractivity contribution in [1.82, 2.24) is 10.4 Å². The van der Waals surface area contributed by atoms with E-state index in [1.165, 1.54) is 0 Å². The Hall–Kier alpha value is -2.49. The van der Waals surface area contributed by atoms with Crippen LogP contribution < -0.4 is 5.43 Å². The number of carbonyl (C=O) groups excluding carboxylic acids is 1. The largest absolute Gasteiger partial charge is 0.271 e. The summed E-state index contributed by atoms with van der Waals surface area (Å²) in [6, 6.07) is 12.9. The van der Waals surface area contributed by atoms with Crippen molar-refractivity contribution in [3.05, 3.63) is 65.5 Å².